The van der Waals surface area contributed by atoms with Crippen molar-refractivity contribution in [1.29, 1.82) is 10.5 Å². The van der Waals surface area contributed by atoms with E-state index in [1.807, 2.05) is 23.1 Å². The molecule has 1 aromatic heterocycles. The van der Waals surface area contributed by atoms with Crippen LogP contribution in [-0.2, 0) is 10.3 Å². The van der Waals surface area contributed by atoms with Gasteiger partial charge in [-0.1, -0.05) is 11.6 Å². The van der Waals surface area contributed by atoms with E-state index in [2.05, 4.69) is 27.3 Å². The smallest absolute Gasteiger partial charge is 0.223 e. The van der Waals surface area contributed by atoms with Gasteiger partial charge in [-0.3, -0.25) is 4.79 Å². The number of nitrogens with one attached hydrogen (secondary N) is 1. The maximum absolute atomic E-state index is 13.0. The second-order valence-electron chi connectivity index (χ2n) is 9.21. The molecule has 1 aliphatic carbocycles. The number of pyridine rings is 1. The van der Waals surface area contributed by atoms with E-state index < -0.39 is 0 Å². The fraction of sp³-hybridized carbons (Fsp3) is 0.440. The number of carbonyl (C=O) groups is 1. The molecule has 2 aliphatic heterocycles. The van der Waals surface area contributed by atoms with Crippen LogP contribution in [0.5, 0.6) is 0 Å². The van der Waals surface area contributed by atoms with Gasteiger partial charge in [-0.25, -0.2) is 4.98 Å². The number of halogens is 1. The Kier molecular flexibility index (Phi) is 5.70. The van der Waals surface area contributed by atoms with Crippen LogP contribution in [0, 0.1) is 22.7 Å². The van der Waals surface area contributed by atoms with Crippen LogP contribution in [0.15, 0.2) is 36.5 Å². The lowest BCUT2D eigenvalue weighted by Crippen LogP contribution is -2.56. The maximum Gasteiger partial charge on any atom is 0.223 e. The van der Waals surface area contributed by atoms with Crippen LogP contribution >= 0.6 is 11.6 Å². The third kappa shape index (κ3) is 4.27. The van der Waals surface area contributed by atoms with Crippen LogP contribution in [-0.4, -0.2) is 47.5 Å². The Labute approximate surface area is 198 Å². The van der Waals surface area contributed by atoms with Crippen LogP contribution < -0.4 is 10.2 Å². The second-order valence-corrected chi connectivity index (χ2v) is 9.64. The Bertz CT molecular complexity index is 1130. The summed E-state index contributed by atoms with van der Waals surface area (Å²) in [7, 11) is 0. The summed E-state index contributed by atoms with van der Waals surface area (Å²) >= 11 is 6.19. The van der Waals surface area contributed by atoms with E-state index in [0.717, 1.165) is 37.1 Å². The SMILES string of the molecule is N#Cc1ccc(N2C3CC[C@H]2CN(C(=O)CCNC2(c4cc(Cl)cc(C#N)c4)CC2)C3)nc1. The molecule has 1 unspecified atom stereocenters. The molecule has 2 bridgehead atoms. The van der Waals surface area contributed by atoms with Gasteiger partial charge < -0.3 is 15.1 Å². The molecule has 1 aromatic carbocycles. The maximum atomic E-state index is 13.0. The van der Waals surface area contributed by atoms with Crippen molar-refractivity contribution in [2.24, 2.45) is 0 Å². The molecule has 8 heteroatoms. The Balaban J connectivity index is 1.17. The van der Waals surface area contributed by atoms with E-state index in [4.69, 9.17) is 16.9 Å². The van der Waals surface area contributed by atoms with Crippen molar-refractivity contribution in [2.45, 2.75) is 49.7 Å². The van der Waals surface area contributed by atoms with Crippen LogP contribution in [0.1, 0.15) is 48.8 Å². The van der Waals surface area contributed by atoms with Gasteiger partial charge in [-0.05, 0) is 61.6 Å². The number of hydrogen-bond acceptors (Lipinski definition) is 6. The molecule has 7 nitrogen and oxygen atoms in total. The first-order valence-electron chi connectivity index (χ1n) is 11.4. The molecule has 1 saturated carbocycles. The zero-order valence-electron chi connectivity index (χ0n) is 18.3. The summed E-state index contributed by atoms with van der Waals surface area (Å²) in [6.45, 7) is 2.02. The monoisotopic (exact) mass is 460 g/mol. The standard InChI is InChI=1S/C25H25ClN6O/c26-20-10-18(13-28)9-19(11-20)25(6-7-25)30-8-5-24(33)31-15-21-2-3-22(16-31)32(21)23-4-1-17(12-27)14-29-23/h1,4,9-11,14,21-22,30H,2-3,5-8,15-16H2/t21-,22?/m0/s1. The lowest BCUT2D eigenvalue weighted by molar-refractivity contribution is -0.132. The molecule has 2 aromatic rings. The highest BCUT2D eigenvalue weighted by Crippen LogP contribution is 2.46. The van der Waals surface area contributed by atoms with Crippen molar-refractivity contribution in [1.82, 2.24) is 15.2 Å². The minimum atomic E-state index is -0.171. The number of aromatic nitrogens is 1. The van der Waals surface area contributed by atoms with Crippen LogP contribution in [0.3, 0.4) is 0 Å². The zero-order chi connectivity index (χ0) is 23.0. The Morgan fingerprint density at radius 3 is 2.45 bits per heavy atom. The quantitative estimate of drug-likeness (QED) is 0.710. The average molecular weight is 461 g/mol. The molecule has 5 rings (SSSR count). The van der Waals surface area contributed by atoms with Gasteiger partial charge >= 0.3 is 0 Å². The highest BCUT2D eigenvalue weighted by Gasteiger charge is 2.45. The van der Waals surface area contributed by atoms with E-state index in [-0.39, 0.29) is 23.5 Å². The largest absolute Gasteiger partial charge is 0.347 e. The molecule has 3 heterocycles. The summed E-state index contributed by atoms with van der Waals surface area (Å²) in [4.78, 5) is 21.8. The first-order chi connectivity index (χ1) is 16.0. The fourth-order valence-corrected chi connectivity index (χ4v) is 5.51. The van der Waals surface area contributed by atoms with Gasteiger partial charge in [0.1, 0.15) is 11.9 Å². The Morgan fingerprint density at radius 2 is 1.85 bits per heavy atom. The predicted octanol–water partition coefficient (Wildman–Crippen LogP) is 3.33. The number of likely N-dealkylation sites (tertiary alicyclic amines) is 1. The van der Waals surface area contributed by atoms with Crippen molar-refractivity contribution in [2.75, 3.05) is 24.5 Å². The summed E-state index contributed by atoms with van der Waals surface area (Å²) < 4.78 is 0. The van der Waals surface area contributed by atoms with E-state index in [0.29, 0.717) is 42.2 Å². The minimum absolute atomic E-state index is 0.171. The van der Waals surface area contributed by atoms with Crippen molar-refractivity contribution >= 4 is 23.3 Å². The summed E-state index contributed by atoms with van der Waals surface area (Å²) in [5, 5.41) is 22.4. The molecule has 3 aliphatic rings. The molecule has 1 amide bonds. The molecular weight excluding hydrogens is 436 g/mol. The number of amides is 1. The van der Waals surface area contributed by atoms with E-state index in [1.165, 1.54) is 0 Å². The van der Waals surface area contributed by atoms with Gasteiger partial charge in [0, 0.05) is 54.9 Å². The van der Waals surface area contributed by atoms with Crippen molar-refractivity contribution in [3.8, 4) is 12.1 Å². The van der Waals surface area contributed by atoms with E-state index >= 15 is 0 Å². The molecular formula is C25H25ClN6O. The Hall–Kier alpha value is -3.13. The molecule has 3 fully saturated rings. The average Bonchev–Trinajstić information content (AvgIpc) is 3.58. The highest BCUT2D eigenvalue weighted by atomic mass is 35.5. The second kappa shape index (κ2) is 8.67. The molecule has 2 atom stereocenters. The van der Waals surface area contributed by atoms with Gasteiger partial charge in [-0.2, -0.15) is 10.5 Å². The number of nitrogens with zero attached hydrogens (tertiary/aromatic N) is 5. The summed E-state index contributed by atoms with van der Waals surface area (Å²) in [5.41, 5.74) is 1.98. The summed E-state index contributed by atoms with van der Waals surface area (Å²) in [6, 6.07) is 14.0. The number of anilines is 1. The van der Waals surface area contributed by atoms with Gasteiger partial charge in [0.15, 0.2) is 0 Å². The third-order valence-corrected chi connectivity index (χ3v) is 7.33. The van der Waals surface area contributed by atoms with Crippen molar-refractivity contribution in [3.05, 3.63) is 58.2 Å². The number of carbonyl (C=O) groups excluding carboxylic acids is 1. The fourth-order valence-electron chi connectivity index (χ4n) is 5.28. The minimum Gasteiger partial charge on any atom is -0.347 e. The summed E-state index contributed by atoms with van der Waals surface area (Å²) in [5.74, 6) is 1.07. The van der Waals surface area contributed by atoms with Gasteiger partial charge in [0.25, 0.3) is 0 Å². The number of fused-ring (bicyclic) bond motifs is 2. The summed E-state index contributed by atoms with van der Waals surface area (Å²) in [6.07, 6.45) is 6.12. The number of nitriles is 2. The molecule has 2 saturated heterocycles. The third-order valence-electron chi connectivity index (χ3n) is 7.11. The van der Waals surface area contributed by atoms with Crippen molar-refractivity contribution in [3.63, 3.8) is 0 Å². The number of piperazine rings is 1. The van der Waals surface area contributed by atoms with Crippen LogP contribution in [0.2, 0.25) is 5.02 Å². The normalized spacial score (nSPS) is 22.5. The zero-order valence-corrected chi connectivity index (χ0v) is 19.1. The number of benzene rings is 1. The van der Waals surface area contributed by atoms with Gasteiger partial charge in [0.2, 0.25) is 5.91 Å². The van der Waals surface area contributed by atoms with Crippen LogP contribution in [0.25, 0.3) is 0 Å². The number of hydrogen-bond donors (Lipinski definition) is 1. The first kappa shape index (κ1) is 21.7. The predicted molar refractivity (Wildman–Crippen MR) is 125 cm³/mol. The lowest BCUT2D eigenvalue weighted by atomic mass is 10.0. The van der Waals surface area contributed by atoms with Gasteiger partial charge in [-0.15, -0.1) is 0 Å². The topological polar surface area (TPSA) is 96.0 Å². The number of rotatable bonds is 6. The van der Waals surface area contributed by atoms with Gasteiger partial charge in [0.05, 0.1) is 17.2 Å². The van der Waals surface area contributed by atoms with Crippen molar-refractivity contribution < 1.29 is 4.79 Å². The van der Waals surface area contributed by atoms with E-state index in [1.54, 1.807) is 18.3 Å². The molecule has 33 heavy (non-hydrogen) atoms. The molecule has 1 N–H and O–H groups in total. The molecule has 0 radical (unpaired) electrons. The molecule has 0 spiro atoms. The lowest BCUT2D eigenvalue weighted by Gasteiger charge is -2.42. The van der Waals surface area contributed by atoms with Crippen LogP contribution in [0.4, 0.5) is 5.82 Å². The van der Waals surface area contributed by atoms with E-state index in [9.17, 15) is 10.1 Å². The first-order valence-corrected chi connectivity index (χ1v) is 11.8. The Morgan fingerprint density at radius 1 is 1.12 bits per heavy atom. The highest BCUT2D eigenvalue weighted by molar-refractivity contribution is 6.30. The molecule has 168 valence electrons.